The van der Waals surface area contributed by atoms with E-state index in [4.69, 9.17) is 14.0 Å². The Morgan fingerprint density at radius 3 is 1.00 bits per heavy atom. The first kappa shape index (κ1) is 33.6. The van der Waals surface area contributed by atoms with Crippen LogP contribution in [0.3, 0.4) is 0 Å². The quantitative estimate of drug-likeness (QED) is 0.291. The van der Waals surface area contributed by atoms with Gasteiger partial charge in [-0.15, -0.1) is 0 Å². The molecule has 6 nitrogen and oxygen atoms in total. The molecule has 0 rings (SSSR count). The van der Waals surface area contributed by atoms with Crippen molar-refractivity contribution in [3.8, 4) is 0 Å². The van der Waals surface area contributed by atoms with Crippen LogP contribution in [0.5, 0.6) is 0 Å². The van der Waals surface area contributed by atoms with Crippen LogP contribution in [0.25, 0.3) is 0 Å². The molecule has 180 valence electrons. The maximum absolute atomic E-state index is 12.7. The summed E-state index contributed by atoms with van der Waals surface area (Å²) in [6, 6.07) is 0. The molecule has 32 heavy (non-hydrogen) atoms. The normalized spacial score (nSPS) is 13.3. The van der Waals surface area contributed by atoms with Crippen molar-refractivity contribution in [1.82, 2.24) is 0 Å². The van der Waals surface area contributed by atoms with E-state index < -0.39 is 25.2 Å². The number of hydrogen-bond acceptors (Lipinski definition) is 6. The minimum Gasteiger partial charge on any atom is -0.462 e. The summed E-state index contributed by atoms with van der Waals surface area (Å²) in [4.78, 5) is 38.0. The van der Waals surface area contributed by atoms with E-state index in [1.165, 1.54) is 0 Å². The van der Waals surface area contributed by atoms with Gasteiger partial charge in [0.15, 0.2) is 0 Å². The summed E-state index contributed by atoms with van der Waals surface area (Å²) >= 11 is 0. The first-order chi connectivity index (χ1) is 14.9. The summed E-state index contributed by atoms with van der Waals surface area (Å²) in [5.41, 5.74) is 0. The Bertz CT molecular complexity index is 445. The van der Waals surface area contributed by atoms with Gasteiger partial charge in [-0.05, 0) is 38.5 Å². The number of carbonyl (C=O) groups excluding carboxylic acids is 3. The molecule has 0 amide bonds. The van der Waals surface area contributed by atoms with Crippen molar-refractivity contribution >= 4 is 25.2 Å². The SMILES string of the molecule is CCCCC(CC)C(=O)OB(OC(=O)C(CC)CCCC)OC(=O)C(CC)CCCC.[Na+]. The fourth-order valence-electron chi connectivity index (χ4n) is 3.46. The van der Waals surface area contributed by atoms with E-state index in [1.54, 1.807) is 0 Å². The molecule has 0 aliphatic rings. The second-order valence-electron chi connectivity index (χ2n) is 8.34. The largest absolute Gasteiger partial charge is 1.00 e. The minimum atomic E-state index is -1.62. The van der Waals surface area contributed by atoms with Crippen LogP contribution < -0.4 is 29.6 Å². The Kier molecular flexibility index (Phi) is 22.1. The molecular formula is C24H45BNaO6+. The number of hydrogen-bond donors (Lipinski definition) is 0. The fraction of sp³-hybridized carbons (Fsp3) is 0.875. The van der Waals surface area contributed by atoms with E-state index in [0.717, 1.165) is 38.5 Å². The monoisotopic (exact) mass is 463 g/mol. The van der Waals surface area contributed by atoms with Gasteiger partial charge in [0.25, 0.3) is 17.9 Å². The molecule has 0 fully saturated rings. The van der Waals surface area contributed by atoms with E-state index in [0.29, 0.717) is 38.5 Å². The van der Waals surface area contributed by atoms with Crippen molar-refractivity contribution in [1.29, 1.82) is 0 Å². The van der Waals surface area contributed by atoms with E-state index >= 15 is 0 Å². The standard InChI is InChI=1S/C24H45BO6.Na/c1-7-13-16-19(10-4)22(26)29-25(30-23(27)20(11-5)17-14-8-2)31-24(28)21(12-6)18-15-9-3;/h19-21H,7-18H2,1-6H3;/q;+1. The van der Waals surface area contributed by atoms with Crippen LogP contribution in [0.1, 0.15) is 119 Å². The van der Waals surface area contributed by atoms with Gasteiger partial charge < -0.3 is 14.0 Å². The first-order valence-corrected chi connectivity index (χ1v) is 12.5. The van der Waals surface area contributed by atoms with Gasteiger partial charge in [-0.2, -0.15) is 0 Å². The molecule has 0 aliphatic heterocycles. The average molecular weight is 463 g/mol. The van der Waals surface area contributed by atoms with Crippen LogP contribution in [0, 0.1) is 17.8 Å². The van der Waals surface area contributed by atoms with Crippen molar-refractivity contribution in [2.24, 2.45) is 17.8 Å². The molecule has 0 heterocycles. The van der Waals surface area contributed by atoms with Crippen LogP contribution in [-0.2, 0) is 28.3 Å². The molecule has 0 aromatic rings. The van der Waals surface area contributed by atoms with E-state index in [1.807, 2.05) is 20.8 Å². The summed E-state index contributed by atoms with van der Waals surface area (Å²) in [5, 5.41) is 0. The molecule has 0 saturated carbocycles. The number of unbranched alkanes of at least 4 members (excludes halogenated alkanes) is 3. The third-order valence-electron chi connectivity index (χ3n) is 5.83. The smallest absolute Gasteiger partial charge is 0.462 e. The van der Waals surface area contributed by atoms with Gasteiger partial charge in [0, 0.05) is 0 Å². The van der Waals surface area contributed by atoms with Gasteiger partial charge in [-0.25, -0.2) is 0 Å². The van der Waals surface area contributed by atoms with Gasteiger partial charge in [0.05, 0.1) is 17.8 Å². The molecule has 0 radical (unpaired) electrons. The number of carbonyl (C=O) groups is 3. The third-order valence-corrected chi connectivity index (χ3v) is 5.83. The van der Waals surface area contributed by atoms with Gasteiger partial charge >= 0.3 is 36.9 Å². The molecule has 0 N–H and O–H groups in total. The summed E-state index contributed by atoms with van der Waals surface area (Å²) in [6.45, 7) is 11.9. The Labute approximate surface area is 218 Å². The molecule has 0 saturated heterocycles. The van der Waals surface area contributed by atoms with Crippen LogP contribution in [-0.4, -0.2) is 25.2 Å². The maximum Gasteiger partial charge on any atom is 1.00 e. The van der Waals surface area contributed by atoms with E-state index in [2.05, 4.69) is 20.8 Å². The summed E-state index contributed by atoms with van der Waals surface area (Å²) in [5.74, 6) is -2.35. The van der Waals surface area contributed by atoms with E-state index in [-0.39, 0.29) is 47.3 Å². The molecule has 0 spiro atoms. The van der Waals surface area contributed by atoms with Crippen molar-refractivity contribution in [2.75, 3.05) is 0 Å². The molecule has 0 aromatic carbocycles. The zero-order valence-electron chi connectivity index (χ0n) is 21.7. The molecule has 8 heteroatoms. The van der Waals surface area contributed by atoms with E-state index in [9.17, 15) is 14.4 Å². The van der Waals surface area contributed by atoms with Gasteiger partial charge in [-0.3, -0.25) is 14.4 Å². The zero-order chi connectivity index (χ0) is 23.6. The second kappa shape index (κ2) is 21.0. The maximum atomic E-state index is 12.7. The van der Waals surface area contributed by atoms with Crippen LogP contribution in [0.4, 0.5) is 0 Å². The summed E-state index contributed by atoms with van der Waals surface area (Å²) < 4.78 is 16.2. The first-order valence-electron chi connectivity index (χ1n) is 12.5. The molecule has 3 unspecified atom stereocenters. The van der Waals surface area contributed by atoms with Crippen LogP contribution in [0.2, 0.25) is 0 Å². The predicted octanol–water partition coefficient (Wildman–Crippen LogP) is 3.25. The minimum absolute atomic E-state index is 0. The van der Waals surface area contributed by atoms with Gasteiger partial charge in [-0.1, -0.05) is 80.1 Å². The van der Waals surface area contributed by atoms with Crippen molar-refractivity contribution in [2.45, 2.75) is 119 Å². The molecule has 0 bridgehead atoms. The zero-order valence-corrected chi connectivity index (χ0v) is 23.7. The molecule has 0 aromatic heterocycles. The molecule has 0 aliphatic carbocycles. The predicted molar refractivity (Wildman–Crippen MR) is 124 cm³/mol. The summed E-state index contributed by atoms with van der Waals surface area (Å²) in [7, 11) is -1.62. The fourth-order valence-corrected chi connectivity index (χ4v) is 3.46. The van der Waals surface area contributed by atoms with Crippen molar-refractivity contribution in [3.63, 3.8) is 0 Å². The van der Waals surface area contributed by atoms with Crippen LogP contribution >= 0.6 is 0 Å². The second-order valence-corrected chi connectivity index (χ2v) is 8.34. The number of rotatable bonds is 18. The molecular weight excluding hydrogens is 418 g/mol. The van der Waals surface area contributed by atoms with Crippen molar-refractivity contribution < 1.29 is 57.9 Å². The van der Waals surface area contributed by atoms with Gasteiger partial charge in [0.1, 0.15) is 0 Å². The third kappa shape index (κ3) is 13.9. The Morgan fingerprint density at radius 1 is 0.562 bits per heavy atom. The van der Waals surface area contributed by atoms with Crippen LogP contribution in [0.15, 0.2) is 0 Å². The Balaban J connectivity index is 0. The van der Waals surface area contributed by atoms with Crippen molar-refractivity contribution in [3.05, 3.63) is 0 Å². The molecule has 3 atom stereocenters. The Morgan fingerprint density at radius 2 is 0.812 bits per heavy atom. The summed E-state index contributed by atoms with van der Waals surface area (Å²) in [6.07, 6.45) is 9.59. The average Bonchev–Trinajstić information content (AvgIpc) is 2.75. The Hall–Kier alpha value is -0.525. The van der Waals surface area contributed by atoms with Gasteiger partial charge in [0.2, 0.25) is 0 Å². The topological polar surface area (TPSA) is 78.9 Å².